The highest BCUT2D eigenvalue weighted by molar-refractivity contribution is 7.26. The molecule has 0 aliphatic carbocycles. The summed E-state index contributed by atoms with van der Waals surface area (Å²) in [4.78, 5) is 0. The summed E-state index contributed by atoms with van der Waals surface area (Å²) in [6.07, 6.45) is 0. The highest BCUT2D eigenvalue weighted by atomic mass is 32.1. The fourth-order valence-electron chi connectivity index (χ4n) is 6.27. The molecule has 0 aliphatic heterocycles. The third kappa shape index (κ3) is 1.94. The molecule has 1 nitrogen and oxygen atoms in total. The molecule has 0 N–H and O–H groups in total. The lowest BCUT2D eigenvalue weighted by Crippen LogP contribution is -1.88. The molecule has 0 saturated heterocycles. The monoisotopic (exact) mass is 448 g/mol. The molecule has 156 valence electrons. The second-order valence-corrected chi connectivity index (χ2v) is 10.3. The van der Waals surface area contributed by atoms with E-state index in [4.69, 9.17) is 4.42 Å². The Kier molecular flexibility index (Phi) is 2.99. The van der Waals surface area contributed by atoms with Crippen LogP contribution in [0.3, 0.4) is 0 Å². The maximum Gasteiger partial charge on any atom is 0.136 e. The van der Waals surface area contributed by atoms with Crippen LogP contribution in [0.15, 0.2) is 101 Å². The average Bonchev–Trinajstić information content (AvgIpc) is 3.45. The van der Waals surface area contributed by atoms with Crippen molar-refractivity contribution in [2.24, 2.45) is 0 Å². The van der Waals surface area contributed by atoms with Crippen molar-refractivity contribution < 1.29 is 4.42 Å². The lowest BCUT2D eigenvalue weighted by molar-refractivity contribution is 0.669. The summed E-state index contributed by atoms with van der Waals surface area (Å²) < 4.78 is 9.08. The maximum atomic E-state index is 6.39. The van der Waals surface area contributed by atoms with E-state index in [1.165, 1.54) is 74.0 Å². The predicted molar refractivity (Wildman–Crippen MR) is 148 cm³/mol. The van der Waals surface area contributed by atoms with Gasteiger partial charge in [0.1, 0.15) is 11.2 Å². The standard InChI is InChI=1S/C32H16OS/c1-3-13-25-19(7-1)31-21-11-5-9-17-18-10-6-12-22-30(18)24(23(29(17)21)15-26(31)33-25)16-28-32(22)20-8-2-4-14-27(20)34-28/h1-16H. The zero-order valence-electron chi connectivity index (χ0n) is 18.1. The molecule has 2 aromatic heterocycles. The maximum absolute atomic E-state index is 6.39. The predicted octanol–water partition coefficient (Wildman–Crippen LogP) is 10.0. The number of hydrogen-bond acceptors (Lipinski definition) is 2. The number of benzene rings is 7. The quantitative estimate of drug-likeness (QED) is 0.166. The molecule has 0 bridgehead atoms. The van der Waals surface area contributed by atoms with Crippen molar-refractivity contribution in [1.29, 1.82) is 0 Å². The topological polar surface area (TPSA) is 13.1 Å². The minimum absolute atomic E-state index is 0.947. The van der Waals surface area contributed by atoms with Crippen LogP contribution >= 0.6 is 11.3 Å². The lowest BCUT2D eigenvalue weighted by Gasteiger charge is -2.15. The first-order chi connectivity index (χ1) is 16.9. The van der Waals surface area contributed by atoms with Crippen LogP contribution in [0.1, 0.15) is 0 Å². The van der Waals surface area contributed by atoms with Crippen molar-refractivity contribution in [1.82, 2.24) is 0 Å². The van der Waals surface area contributed by atoms with Gasteiger partial charge in [0.25, 0.3) is 0 Å². The zero-order chi connectivity index (χ0) is 22.0. The van der Waals surface area contributed by atoms with Gasteiger partial charge in [-0.15, -0.1) is 11.3 Å². The first-order valence-electron chi connectivity index (χ1n) is 11.6. The summed E-state index contributed by atoms with van der Waals surface area (Å²) in [7, 11) is 0. The van der Waals surface area contributed by atoms with Gasteiger partial charge in [0, 0.05) is 30.9 Å². The molecule has 0 unspecified atom stereocenters. The minimum atomic E-state index is 0.947. The van der Waals surface area contributed by atoms with Gasteiger partial charge < -0.3 is 4.42 Å². The molecule has 9 aromatic rings. The molecule has 2 heterocycles. The third-order valence-electron chi connectivity index (χ3n) is 7.58. The second kappa shape index (κ2) is 5.85. The smallest absolute Gasteiger partial charge is 0.136 e. The molecule has 9 rings (SSSR count). The molecule has 0 fully saturated rings. The van der Waals surface area contributed by atoms with Crippen LogP contribution in [0.25, 0.3) is 85.2 Å². The Hall–Kier alpha value is -4.14. The van der Waals surface area contributed by atoms with Gasteiger partial charge in [-0.2, -0.15) is 0 Å². The summed E-state index contributed by atoms with van der Waals surface area (Å²) >= 11 is 1.89. The van der Waals surface area contributed by atoms with E-state index in [0.717, 1.165) is 11.2 Å². The van der Waals surface area contributed by atoms with E-state index in [0.29, 0.717) is 0 Å². The average molecular weight is 449 g/mol. The Morgan fingerprint density at radius 2 is 1.00 bits per heavy atom. The highest BCUT2D eigenvalue weighted by Crippen LogP contribution is 2.48. The van der Waals surface area contributed by atoms with Gasteiger partial charge in [-0.3, -0.25) is 0 Å². The van der Waals surface area contributed by atoms with E-state index in [9.17, 15) is 0 Å². The van der Waals surface area contributed by atoms with E-state index < -0.39 is 0 Å². The van der Waals surface area contributed by atoms with Crippen LogP contribution in [0, 0.1) is 0 Å². The van der Waals surface area contributed by atoms with Crippen LogP contribution in [0.2, 0.25) is 0 Å². The van der Waals surface area contributed by atoms with Crippen molar-refractivity contribution >= 4 is 96.5 Å². The Labute approximate surface area is 197 Å². The highest BCUT2D eigenvalue weighted by Gasteiger charge is 2.20. The summed E-state index contributed by atoms with van der Waals surface area (Å²) in [5.74, 6) is 0. The first-order valence-corrected chi connectivity index (χ1v) is 12.4. The molecular formula is C32H16OS. The summed E-state index contributed by atoms with van der Waals surface area (Å²) in [5.41, 5.74) is 1.91. The van der Waals surface area contributed by atoms with E-state index in [-0.39, 0.29) is 0 Å². The van der Waals surface area contributed by atoms with Crippen molar-refractivity contribution in [3.63, 3.8) is 0 Å². The summed E-state index contributed by atoms with van der Waals surface area (Å²) in [6, 6.07) is 35.4. The molecular weight excluding hydrogens is 432 g/mol. The van der Waals surface area contributed by atoms with E-state index in [2.05, 4.69) is 91.0 Å². The van der Waals surface area contributed by atoms with Gasteiger partial charge in [0.15, 0.2) is 0 Å². The Bertz CT molecular complexity index is 2120. The van der Waals surface area contributed by atoms with Gasteiger partial charge >= 0.3 is 0 Å². The van der Waals surface area contributed by atoms with Crippen molar-refractivity contribution in [3.8, 4) is 0 Å². The van der Waals surface area contributed by atoms with Gasteiger partial charge in [-0.05, 0) is 67.4 Å². The van der Waals surface area contributed by atoms with Crippen molar-refractivity contribution in [2.45, 2.75) is 0 Å². The number of fused-ring (bicyclic) bond motifs is 10. The van der Waals surface area contributed by atoms with Crippen molar-refractivity contribution in [3.05, 3.63) is 97.1 Å². The van der Waals surface area contributed by atoms with Crippen LogP contribution in [0.5, 0.6) is 0 Å². The molecule has 0 aliphatic rings. The zero-order valence-corrected chi connectivity index (χ0v) is 18.9. The van der Waals surface area contributed by atoms with Crippen LogP contribution in [-0.2, 0) is 0 Å². The molecule has 7 aromatic carbocycles. The molecule has 0 amide bonds. The summed E-state index contributed by atoms with van der Waals surface area (Å²) in [5, 5.41) is 15.7. The number of thiophene rings is 1. The molecule has 0 saturated carbocycles. The number of para-hydroxylation sites is 1. The Morgan fingerprint density at radius 1 is 0.382 bits per heavy atom. The third-order valence-corrected chi connectivity index (χ3v) is 8.70. The largest absolute Gasteiger partial charge is 0.456 e. The normalized spacial score (nSPS) is 12.7. The van der Waals surface area contributed by atoms with Gasteiger partial charge in [-0.25, -0.2) is 0 Å². The van der Waals surface area contributed by atoms with Crippen LogP contribution in [0.4, 0.5) is 0 Å². The fourth-order valence-corrected chi connectivity index (χ4v) is 7.43. The van der Waals surface area contributed by atoms with E-state index in [1.54, 1.807) is 0 Å². The second-order valence-electron chi connectivity index (χ2n) is 9.25. The van der Waals surface area contributed by atoms with Crippen LogP contribution in [-0.4, -0.2) is 0 Å². The molecule has 0 spiro atoms. The SMILES string of the molecule is c1ccc2c(c1)oc1cc3c4cc5sc6ccccc6c5c5cccc(c6cccc(c12)c63)c45. The van der Waals surface area contributed by atoms with E-state index in [1.807, 2.05) is 17.4 Å². The first kappa shape index (κ1) is 17.4. The van der Waals surface area contributed by atoms with Crippen molar-refractivity contribution in [2.75, 3.05) is 0 Å². The Balaban J connectivity index is 1.65. The van der Waals surface area contributed by atoms with Gasteiger partial charge in [0.05, 0.1) is 0 Å². The van der Waals surface area contributed by atoms with Crippen LogP contribution < -0.4 is 0 Å². The number of furan rings is 1. The molecule has 2 heteroatoms. The number of rotatable bonds is 0. The van der Waals surface area contributed by atoms with Gasteiger partial charge in [-0.1, -0.05) is 72.8 Å². The lowest BCUT2D eigenvalue weighted by atomic mass is 9.87. The minimum Gasteiger partial charge on any atom is -0.456 e. The number of hydrogen-bond donors (Lipinski definition) is 0. The molecule has 34 heavy (non-hydrogen) atoms. The van der Waals surface area contributed by atoms with Gasteiger partial charge in [0.2, 0.25) is 0 Å². The molecule has 0 radical (unpaired) electrons. The molecule has 0 atom stereocenters. The summed E-state index contributed by atoms with van der Waals surface area (Å²) in [6.45, 7) is 0. The van der Waals surface area contributed by atoms with E-state index >= 15 is 0 Å². The fraction of sp³-hybridized carbons (Fsp3) is 0. The Morgan fingerprint density at radius 3 is 1.82 bits per heavy atom.